The number of aryl methyl sites for hydroxylation is 1. The van der Waals surface area contributed by atoms with Crippen molar-refractivity contribution in [2.75, 3.05) is 13.6 Å². The largest absolute Gasteiger partial charge is 0.319 e. The average molecular weight is 233 g/mol. The molecular formula is C16H27N. The summed E-state index contributed by atoms with van der Waals surface area (Å²) in [4.78, 5) is 0. The molecule has 1 rings (SSSR count). The summed E-state index contributed by atoms with van der Waals surface area (Å²) in [5.41, 5.74) is 2.85. The molecule has 1 aromatic rings. The lowest BCUT2D eigenvalue weighted by atomic mass is 9.83. The first-order valence-corrected chi connectivity index (χ1v) is 6.91. The van der Waals surface area contributed by atoms with Gasteiger partial charge in [0.2, 0.25) is 0 Å². The summed E-state index contributed by atoms with van der Waals surface area (Å²) in [5.74, 6) is 1.60. The molecule has 1 nitrogen and oxygen atoms in total. The van der Waals surface area contributed by atoms with Crippen molar-refractivity contribution in [2.45, 2.75) is 40.0 Å². The van der Waals surface area contributed by atoms with Gasteiger partial charge < -0.3 is 5.32 Å². The zero-order valence-corrected chi connectivity index (χ0v) is 11.8. The molecule has 0 aliphatic heterocycles. The van der Waals surface area contributed by atoms with E-state index in [1.807, 2.05) is 0 Å². The molecule has 0 spiro atoms. The highest BCUT2D eigenvalue weighted by molar-refractivity contribution is 5.22. The van der Waals surface area contributed by atoms with Gasteiger partial charge in [0.05, 0.1) is 0 Å². The summed E-state index contributed by atoms with van der Waals surface area (Å²) in [7, 11) is 2.06. The molecule has 1 atom stereocenters. The molecule has 96 valence electrons. The first-order chi connectivity index (χ1) is 8.21. The molecule has 0 heterocycles. The highest BCUT2D eigenvalue weighted by atomic mass is 14.8. The van der Waals surface area contributed by atoms with Crippen molar-refractivity contribution >= 4 is 0 Å². The number of rotatable bonds is 7. The van der Waals surface area contributed by atoms with Crippen LogP contribution in [0.4, 0.5) is 0 Å². The van der Waals surface area contributed by atoms with Gasteiger partial charge in [-0.1, -0.05) is 56.5 Å². The van der Waals surface area contributed by atoms with Crippen molar-refractivity contribution in [3.63, 3.8) is 0 Å². The molecule has 17 heavy (non-hydrogen) atoms. The second kappa shape index (κ2) is 7.50. The Morgan fingerprint density at radius 3 is 2.35 bits per heavy atom. The van der Waals surface area contributed by atoms with Gasteiger partial charge in [0.1, 0.15) is 0 Å². The van der Waals surface area contributed by atoms with Gasteiger partial charge in [-0.15, -0.1) is 0 Å². The van der Waals surface area contributed by atoms with E-state index in [-0.39, 0.29) is 0 Å². The quantitative estimate of drug-likeness (QED) is 0.755. The lowest BCUT2D eigenvalue weighted by molar-refractivity contribution is 0.304. The van der Waals surface area contributed by atoms with Crippen molar-refractivity contribution < 1.29 is 0 Å². The second-order valence-electron chi connectivity index (χ2n) is 5.09. The molecule has 1 unspecified atom stereocenters. The minimum absolute atomic E-state index is 0.761. The van der Waals surface area contributed by atoms with Gasteiger partial charge in [0.25, 0.3) is 0 Å². The summed E-state index contributed by atoms with van der Waals surface area (Å²) >= 11 is 0. The van der Waals surface area contributed by atoms with Crippen LogP contribution in [-0.4, -0.2) is 13.6 Å². The molecule has 1 heteroatoms. The van der Waals surface area contributed by atoms with Crippen LogP contribution in [0.5, 0.6) is 0 Å². The van der Waals surface area contributed by atoms with Crippen molar-refractivity contribution in [3.8, 4) is 0 Å². The van der Waals surface area contributed by atoms with Gasteiger partial charge in [-0.25, -0.2) is 0 Å². The Kier molecular flexibility index (Phi) is 6.28. The average Bonchev–Trinajstić information content (AvgIpc) is 2.31. The molecule has 0 aliphatic carbocycles. The van der Waals surface area contributed by atoms with Crippen molar-refractivity contribution in [2.24, 2.45) is 11.8 Å². The standard InChI is InChI=1S/C16H27N/c1-5-15(6-2)16(12-17-4)11-14-9-7-8-13(3)10-14/h7-10,15-17H,5-6,11-12H2,1-4H3. The van der Waals surface area contributed by atoms with Crippen LogP contribution in [0.25, 0.3) is 0 Å². The van der Waals surface area contributed by atoms with E-state index in [1.165, 1.54) is 30.4 Å². The third-order valence-corrected chi connectivity index (χ3v) is 3.76. The fraction of sp³-hybridized carbons (Fsp3) is 0.625. The minimum atomic E-state index is 0.761. The maximum atomic E-state index is 3.35. The van der Waals surface area contributed by atoms with Crippen LogP contribution in [0.15, 0.2) is 24.3 Å². The Balaban J connectivity index is 2.71. The van der Waals surface area contributed by atoms with Crippen LogP contribution in [0, 0.1) is 18.8 Å². The Hall–Kier alpha value is -0.820. The Bertz CT molecular complexity index is 315. The molecule has 0 aromatic heterocycles. The predicted octanol–water partition coefficient (Wildman–Crippen LogP) is 3.81. The molecule has 0 aliphatic rings. The predicted molar refractivity (Wildman–Crippen MR) is 76.4 cm³/mol. The number of hydrogen-bond acceptors (Lipinski definition) is 1. The lowest BCUT2D eigenvalue weighted by Gasteiger charge is -2.25. The number of benzene rings is 1. The van der Waals surface area contributed by atoms with Crippen LogP contribution >= 0.6 is 0 Å². The molecule has 1 aromatic carbocycles. The maximum absolute atomic E-state index is 3.35. The highest BCUT2D eigenvalue weighted by Crippen LogP contribution is 2.23. The normalized spacial score (nSPS) is 13.0. The molecular weight excluding hydrogens is 206 g/mol. The van der Waals surface area contributed by atoms with Crippen LogP contribution in [0.1, 0.15) is 37.8 Å². The van der Waals surface area contributed by atoms with Gasteiger partial charge in [-0.2, -0.15) is 0 Å². The fourth-order valence-electron chi connectivity index (χ4n) is 2.76. The van der Waals surface area contributed by atoms with E-state index in [4.69, 9.17) is 0 Å². The van der Waals surface area contributed by atoms with E-state index in [0.717, 1.165) is 18.4 Å². The van der Waals surface area contributed by atoms with E-state index < -0.39 is 0 Å². The van der Waals surface area contributed by atoms with Gasteiger partial charge in [0.15, 0.2) is 0 Å². The van der Waals surface area contributed by atoms with Crippen LogP contribution in [0.3, 0.4) is 0 Å². The summed E-state index contributed by atoms with van der Waals surface area (Å²) in [6.07, 6.45) is 3.78. The van der Waals surface area contributed by atoms with Crippen LogP contribution < -0.4 is 5.32 Å². The lowest BCUT2D eigenvalue weighted by Crippen LogP contribution is -2.27. The summed E-state index contributed by atoms with van der Waals surface area (Å²) < 4.78 is 0. The van der Waals surface area contributed by atoms with Gasteiger partial charge in [-0.05, 0) is 44.3 Å². The fourth-order valence-corrected chi connectivity index (χ4v) is 2.76. The smallest absolute Gasteiger partial charge is 0.00177 e. The first kappa shape index (κ1) is 14.2. The molecule has 0 saturated heterocycles. The van der Waals surface area contributed by atoms with Gasteiger partial charge in [0, 0.05) is 0 Å². The highest BCUT2D eigenvalue weighted by Gasteiger charge is 2.18. The monoisotopic (exact) mass is 233 g/mol. The zero-order valence-electron chi connectivity index (χ0n) is 11.8. The summed E-state index contributed by atoms with van der Waals surface area (Å²) in [5, 5.41) is 3.35. The molecule has 0 fully saturated rings. The van der Waals surface area contributed by atoms with Crippen LogP contribution in [0.2, 0.25) is 0 Å². The van der Waals surface area contributed by atoms with E-state index >= 15 is 0 Å². The van der Waals surface area contributed by atoms with Crippen LogP contribution in [-0.2, 0) is 6.42 Å². The molecule has 1 N–H and O–H groups in total. The zero-order chi connectivity index (χ0) is 12.7. The van der Waals surface area contributed by atoms with E-state index in [0.29, 0.717) is 0 Å². The summed E-state index contributed by atoms with van der Waals surface area (Å²) in [6, 6.07) is 8.94. The van der Waals surface area contributed by atoms with Crippen molar-refractivity contribution in [3.05, 3.63) is 35.4 Å². The molecule has 0 amide bonds. The van der Waals surface area contributed by atoms with Gasteiger partial charge >= 0.3 is 0 Å². The molecule has 0 bridgehead atoms. The maximum Gasteiger partial charge on any atom is -0.00177 e. The molecule has 0 saturated carbocycles. The number of hydrogen-bond donors (Lipinski definition) is 1. The Labute approximate surface area is 107 Å². The third kappa shape index (κ3) is 4.51. The second-order valence-corrected chi connectivity index (χ2v) is 5.09. The third-order valence-electron chi connectivity index (χ3n) is 3.76. The Morgan fingerprint density at radius 1 is 1.12 bits per heavy atom. The molecule has 0 radical (unpaired) electrons. The SMILES string of the molecule is CCC(CC)C(CNC)Cc1cccc(C)c1. The van der Waals surface area contributed by atoms with Gasteiger partial charge in [-0.3, -0.25) is 0 Å². The van der Waals surface area contributed by atoms with Crippen molar-refractivity contribution in [1.82, 2.24) is 5.32 Å². The van der Waals surface area contributed by atoms with E-state index in [2.05, 4.69) is 57.4 Å². The topological polar surface area (TPSA) is 12.0 Å². The summed E-state index contributed by atoms with van der Waals surface area (Å²) in [6.45, 7) is 7.92. The Morgan fingerprint density at radius 2 is 1.82 bits per heavy atom. The van der Waals surface area contributed by atoms with E-state index in [9.17, 15) is 0 Å². The number of nitrogens with one attached hydrogen (secondary N) is 1. The van der Waals surface area contributed by atoms with E-state index in [1.54, 1.807) is 0 Å². The van der Waals surface area contributed by atoms with Crippen molar-refractivity contribution in [1.29, 1.82) is 0 Å². The first-order valence-electron chi connectivity index (χ1n) is 6.91. The minimum Gasteiger partial charge on any atom is -0.319 e.